The van der Waals surface area contributed by atoms with Crippen molar-refractivity contribution in [2.75, 3.05) is 4.90 Å². The van der Waals surface area contributed by atoms with E-state index < -0.39 is 50.0 Å². The Morgan fingerprint density at radius 2 is 0.922 bits per heavy atom. The third kappa shape index (κ3) is 7.52. The van der Waals surface area contributed by atoms with Crippen LogP contribution in [0.5, 0.6) is 11.5 Å². The first-order valence-electron chi connectivity index (χ1n) is 24.5. The Hall–Kier alpha value is -9.31. The van der Waals surface area contributed by atoms with Crippen LogP contribution in [0.15, 0.2) is 166 Å². The molecule has 1 aliphatic carbocycles. The molecule has 0 aliphatic heterocycles. The molecular weight excluding hydrogens is 1010 g/mol. The Morgan fingerprint density at radius 3 is 1.30 bits per heavy atom. The number of aromatic nitrogens is 2. The van der Waals surface area contributed by atoms with Crippen LogP contribution in [-0.4, -0.2) is 42.0 Å². The molecule has 0 saturated carbocycles. The molecule has 0 amide bonds. The maximum Gasteiger partial charge on any atom is 0.337 e. The zero-order valence-corrected chi connectivity index (χ0v) is 43.5. The first-order chi connectivity index (χ1) is 37.0. The van der Waals surface area contributed by atoms with Gasteiger partial charge < -0.3 is 20.2 Å². The number of nitrogens with zero attached hydrogens (tertiary/aromatic N) is 3. The molecule has 10 aromatic rings. The molecule has 0 atom stereocenters. The monoisotopic (exact) mass is 1060 g/mol. The van der Waals surface area contributed by atoms with Crippen molar-refractivity contribution in [3.8, 4) is 64.4 Å². The molecule has 77 heavy (non-hydrogen) atoms. The van der Waals surface area contributed by atoms with Crippen LogP contribution in [0, 0.1) is 0 Å². The van der Waals surface area contributed by atoms with Crippen LogP contribution in [0.1, 0.15) is 69.9 Å². The number of anilines is 3. The highest BCUT2D eigenvalue weighted by molar-refractivity contribution is 7.26. The van der Waals surface area contributed by atoms with Gasteiger partial charge in [-0.2, -0.15) is 0 Å². The summed E-state index contributed by atoms with van der Waals surface area (Å²) in [5, 5.41) is 29.6. The summed E-state index contributed by atoms with van der Waals surface area (Å²) in [4.78, 5) is 99.5. The summed E-state index contributed by atoms with van der Waals surface area (Å²) < 4.78 is 1.86. The van der Waals surface area contributed by atoms with Crippen molar-refractivity contribution in [1.29, 1.82) is 0 Å². The minimum Gasteiger partial charge on any atom is -0.508 e. The predicted octanol–water partition coefficient (Wildman–Crippen LogP) is 12.4. The fourth-order valence-electron chi connectivity index (χ4n) is 11.0. The van der Waals surface area contributed by atoms with E-state index in [2.05, 4.69) is 24.1 Å². The van der Waals surface area contributed by atoms with E-state index in [0.29, 0.717) is 27.1 Å². The van der Waals surface area contributed by atoms with Gasteiger partial charge in [-0.3, -0.25) is 37.9 Å². The average Bonchev–Trinajstić information content (AvgIpc) is 4.40. The quantitative estimate of drug-likeness (QED) is 0.0693. The number of carboxylic acid groups (broad SMARTS) is 1. The van der Waals surface area contributed by atoms with Crippen molar-refractivity contribution in [1.82, 2.24) is 9.13 Å². The Kier molecular flexibility index (Phi) is 12.0. The lowest BCUT2D eigenvalue weighted by atomic mass is 9.79. The van der Waals surface area contributed by atoms with Gasteiger partial charge >= 0.3 is 5.97 Å². The summed E-state index contributed by atoms with van der Waals surface area (Å²) in [6.45, 7) is 14.5. The number of hydrogen-bond donors (Lipinski definition) is 3. The molecule has 15 heteroatoms. The molecule has 0 bridgehead atoms. The van der Waals surface area contributed by atoms with Crippen LogP contribution in [0.25, 0.3) is 74.4 Å². The van der Waals surface area contributed by atoms with Crippen LogP contribution in [0.4, 0.5) is 17.1 Å². The number of hydrogen-bond acceptors (Lipinski definition) is 12. The lowest BCUT2D eigenvalue weighted by Gasteiger charge is -2.26. The first kappa shape index (κ1) is 49.9. The molecule has 380 valence electrons. The number of phenolic OH excluding ortho intramolecular Hbond substituents is 2. The number of allylic oxidation sites excluding steroid dienone is 2. The van der Waals surface area contributed by atoms with Gasteiger partial charge in [-0.05, 0) is 152 Å². The number of fused-ring (bicyclic) bond motifs is 5. The largest absolute Gasteiger partial charge is 0.508 e. The van der Waals surface area contributed by atoms with Crippen LogP contribution < -0.4 is 27.1 Å². The summed E-state index contributed by atoms with van der Waals surface area (Å²) in [7, 11) is 0. The molecular formula is C62H45N3O10S2. The van der Waals surface area contributed by atoms with E-state index in [1.54, 1.807) is 50.3 Å². The zero-order chi connectivity index (χ0) is 54.5. The molecule has 6 aromatic carbocycles. The SMILES string of the molecule is C=CC1(C=C)c2cc(-c3ccc(N(c4ccc(-c5ccc(O)cc5C(C)=O)cc4)c4ccc(-c5ccc(O)cc5C(C)=O)cc4)cc3)sc2-c2sc(-c3c4c(=O)n(CC)c(=O)c4c(C(=O)O)c4c(=O)n(CC)c(=O)c34)cc21. The summed E-state index contributed by atoms with van der Waals surface area (Å²) in [6, 6.07) is 36.9. The second-order valence-electron chi connectivity index (χ2n) is 18.8. The van der Waals surface area contributed by atoms with Crippen molar-refractivity contribution in [2.45, 2.75) is 46.2 Å². The molecule has 0 spiro atoms. The van der Waals surface area contributed by atoms with E-state index in [0.717, 1.165) is 68.6 Å². The van der Waals surface area contributed by atoms with Gasteiger partial charge in [-0.15, -0.1) is 35.8 Å². The second-order valence-corrected chi connectivity index (χ2v) is 20.9. The maximum absolute atomic E-state index is 14.2. The lowest BCUT2D eigenvalue weighted by Crippen LogP contribution is -2.25. The molecule has 11 rings (SSSR count). The Balaban J connectivity index is 1.03. The van der Waals surface area contributed by atoms with Gasteiger partial charge in [0.25, 0.3) is 22.2 Å². The average molecular weight is 1060 g/mol. The van der Waals surface area contributed by atoms with Gasteiger partial charge in [0.2, 0.25) is 0 Å². The number of ketones is 2. The first-order valence-corrected chi connectivity index (χ1v) is 26.1. The minimum atomic E-state index is -1.60. The van der Waals surface area contributed by atoms with Gasteiger partial charge in [-0.1, -0.05) is 48.6 Å². The van der Waals surface area contributed by atoms with Crippen molar-refractivity contribution in [3.63, 3.8) is 0 Å². The summed E-state index contributed by atoms with van der Waals surface area (Å²) in [5.41, 5.74) is 3.89. The van der Waals surface area contributed by atoms with Gasteiger partial charge in [0.1, 0.15) is 11.5 Å². The molecule has 0 unspecified atom stereocenters. The van der Waals surface area contributed by atoms with Gasteiger partial charge in [0.05, 0.1) is 32.5 Å². The second kappa shape index (κ2) is 18.5. The maximum atomic E-state index is 14.2. The summed E-state index contributed by atoms with van der Waals surface area (Å²) in [6.07, 6.45) is 3.56. The zero-order valence-electron chi connectivity index (χ0n) is 41.9. The van der Waals surface area contributed by atoms with Crippen molar-refractivity contribution < 1.29 is 29.7 Å². The van der Waals surface area contributed by atoms with Gasteiger partial charge in [0, 0.05) is 66.4 Å². The Morgan fingerprint density at radius 1 is 0.545 bits per heavy atom. The van der Waals surface area contributed by atoms with Crippen molar-refractivity contribution in [2.24, 2.45) is 0 Å². The number of carbonyl (C=O) groups is 3. The third-order valence-electron chi connectivity index (χ3n) is 14.7. The van der Waals surface area contributed by atoms with E-state index in [1.807, 2.05) is 78.9 Å². The van der Waals surface area contributed by atoms with E-state index in [1.165, 1.54) is 48.7 Å². The Labute approximate surface area is 446 Å². The van der Waals surface area contributed by atoms with Crippen LogP contribution in [0.2, 0.25) is 0 Å². The summed E-state index contributed by atoms with van der Waals surface area (Å²) >= 11 is 2.80. The van der Waals surface area contributed by atoms with Crippen LogP contribution >= 0.6 is 22.7 Å². The summed E-state index contributed by atoms with van der Waals surface area (Å²) in [5.74, 6) is -1.98. The minimum absolute atomic E-state index is 0.00818. The molecule has 0 fully saturated rings. The van der Waals surface area contributed by atoms with Crippen molar-refractivity contribution >= 4 is 78.8 Å². The fraction of sp³-hybridized carbons (Fsp3) is 0.113. The number of carbonyl (C=O) groups excluding carboxylic acids is 2. The number of rotatable bonds is 14. The van der Waals surface area contributed by atoms with E-state index >= 15 is 0 Å². The molecule has 13 nitrogen and oxygen atoms in total. The van der Waals surface area contributed by atoms with Crippen LogP contribution in [-0.2, 0) is 18.5 Å². The number of aromatic carboxylic acids is 1. The Bertz CT molecular complexity index is 4230. The van der Waals surface area contributed by atoms with Crippen LogP contribution in [0.3, 0.4) is 0 Å². The fourth-order valence-corrected chi connectivity index (χ4v) is 13.7. The highest BCUT2D eigenvalue weighted by Crippen LogP contribution is 2.60. The highest BCUT2D eigenvalue weighted by Gasteiger charge is 2.43. The predicted molar refractivity (Wildman–Crippen MR) is 305 cm³/mol. The van der Waals surface area contributed by atoms with Gasteiger partial charge in [-0.25, -0.2) is 4.79 Å². The highest BCUT2D eigenvalue weighted by atomic mass is 32.1. The van der Waals surface area contributed by atoms with E-state index in [9.17, 15) is 48.9 Å². The smallest absolute Gasteiger partial charge is 0.337 e. The molecule has 4 aromatic heterocycles. The molecule has 0 saturated heterocycles. The topological polar surface area (TPSA) is 193 Å². The lowest BCUT2D eigenvalue weighted by molar-refractivity contribution is 0.0700. The molecule has 1 aliphatic rings. The number of phenols is 2. The number of aromatic hydroxyl groups is 2. The van der Waals surface area contributed by atoms with E-state index in [-0.39, 0.29) is 52.5 Å². The van der Waals surface area contributed by atoms with Crippen molar-refractivity contribution in [3.05, 3.63) is 216 Å². The number of Topliss-reactive ketones (excluding diaryl/α,β-unsaturated/α-hetero) is 2. The molecule has 4 heterocycles. The molecule has 0 radical (unpaired) electrons. The number of thiophene rings is 2. The normalized spacial score (nSPS) is 12.5. The molecule has 3 N–H and O–H groups in total. The number of benzene rings is 6. The van der Waals surface area contributed by atoms with E-state index in [4.69, 9.17) is 0 Å². The standard InChI is InChI=1S/C62H45N3O10S2/c1-7-62(8-2)45-29-47(76-55(45)56-46(62)30-48(77-56)49-50-52(59(72)63(9-3)57(50)70)54(61(74)75)53-51(49)58(71)64(10-4)60(53)73)35-15-21-38(22-16-35)65(36-17-11-33(12-18-36)41-25-23-39(68)27-43(41)31(5)66)37-19-13-34(14-20-37)42-26-24-40(69)28-44(42)32(6)67/h7-8,11-30,68-69H,1-2,9-10H2,3-6H3,(H,74,75). The third-order valence-corrected chi connectivity index (χ3v) is 17.2. The number of carboxylic acids is 1. The van der Waals surface area contributed by atoms with Gasteiger partial charge in [0.15, 0.2) is 11.6 Å².